The lowest BCUT2D eigenvalue weighted by atomic mass is 10.2. The first kappa shape index (κ1) is 18.3. The van der Waals surface area contributed by atoms with Gasteiger partial charge in [-0.05, 0) is 42.8 Å². The minimum Gasteiger partial charge on any atom is -0.494 e. The van der Waals surface area contributed by atoms with Crippen molar-refractivity contribution in [2.24, 2.45) is 0 Å². The van der Waals surface area contributed by atoms with E-state index in [0.29, 0.717) is 17.9 Å². The molecule has 0 aliphatic heterocycles. The van der Waals surface area contributed by atoms with Crippen LogP contribution in [0.4, 0.5) is 11.4 Å². The molecule has 2 amide bonds. The van der Waals surface area contributed by atoms with Crippen molar-refractivity contribution in [2.45, 2.75) is 13.3 Å². The Morgan fingerprint density at radius 3 is 2.48 bits per heavy atom. The maximum Gasteiger partial charge on any atom is 0.251 e. The van der Waals surface area contributed by atoms with Crippen LogP contribution in [0.1, 0.15) is 23.7 Å². The highest BCUT2D eigenvalue weighted by Crippen LogP contribution is 2.17. The summed E-state index contributed by atoms with van der Waals surface area (Å²) in [5.74, 6) is 0.426. The second-order valence-electron chi connectivity index (χ2n) is 5.43. The van der Waals surface area contributed by atoms with Crippen LogP contribution in [0.15, 0.2) is 48.5 Å². The van der Waals surface area contributed by atoms with Gasteiger partial charge in [0, 0.05) is 30.1 Å². The van der Waals surface area contributed by atoms with Crippen LogP contribution >= 0.6 is 0 Å². The Kier molecular flexibility index (Phi) is 6.83. The molecular weight excluding hydrogens is 318 g/mol. The molecule has 2 aromatic rings. The molecule has 132 valence electrons. The van der Waals surface area contributed by atoms with E-state index >= 15 is 0 Å². The summed E-state index contributed by atoms with van der Waals surface area (Å²) in [6.07, 6.45) is 0.930. The lowest BCUT2D eigenvalue weighted by Crippen LogP contribution is -2.22. The van der Waals surface area contributed by atoms with Crippen molar-refractivity contribution < 1.29 is 14.3 Å². The predicted molar refractivity (Wildman–Crippen MR) is 99.2 cm³/mol. The summed E-state index contributed by atoms with van der Waals surface area (Å²) in [4.78, 5) is 23.5. The molecule has 6 nitrogen and oxygen atoms in total. The number of benzene rings is 2. The average molecular weight is 341 g/mol. The number of nitrogens with one attached hydrogen (secondary N) is 3. The molecule has 0 spiro atoms. The molecule has 0 atom stereocenters. The maximum absolute atomic E-state index is 12.1. The van der Waals surface area contributed by atoms with Crippen LogP contribution in [0.5, 0.6) is 5.75 Å². The number of amides is 2. The highest BCUT2D eigenvalue weighted by atomic mass is 16.5. The molecule has 2 aromatic carbocycles. The number of anilines is 2. The van der Waals surface area contributed by atoms with E-state index in [9.17, 15) is 9.59 Å². The van der Waals surface area contributed by atoms with Crippen LogP contribution in [0.2, 0.25) is 0 Å². The summed E-state index contributed by atoms with van der Waals surface area (Å²) in [7, 11) is 1.58. The minimum absolute atomic E-state index is 0.124. The Balaban J connectivity index is 1.85. The van der Waals surface area contributed by atoms with E-state index in [1.807, 2.05) is 25.1 Å². The van der Waals surface area contributed by atoms with Gasteiger partial charge in [0.2, 0.25) is 5.91 Å². The monoisotopic (exact) mass is 341 g/mol. The van der Waals surface area contributed by atoms with E-state index in [1.54, 1.807) is 37.4 Å². The first-order chi connectivity index (χ1) is 12.1. The smallest absolute Gasteiger partial charge is 0.251 e. The molecule has 0 aliphatic carbocycles. The van der Waals surface area contributed by atoms with Gasteiger partial charge in [-0.3, -0.25) is 9.59 Å². The van der Waals surface area contributed by atoms with Gasteiger partial charge >= 0.3 is 0 Å². The zero-order valence-corrected chi connectivity index (χ0v) is 14.5. The lowest BCUT2D eigenvalue weighted by molar-refractivity contribution is -0.114. The van der Waals surface area contributed by atoms with Crippen molar-refractivity contribution in [1.29, 1.82) is 0 Å². The molecule has 0 aromatic heterocycles. The molecule has 6 heteroatoms. The second kappa shape index (κ2) is 9.32. The summed E-state index contributed by atoms with van der Waals surface area (Å²) < 4.78 is 5.55. The molecule has 0 aliphatic rings. The molecule has 0 unspecified atom stereocenters. The molecule has 25 heavy (non-hydrogen) atoms. The zero-order valence-electron chi connectivity index (χ0n) is 14.5. The van der Waals surface area contributed by atoms with Gasteiger partial charge < -0.3 is 20.7 Å². The Morgan fingerprint density at radius 2 is 1.80 bits per heavy atom. The van der Waals surface area contributed by atoms with E-state index in [-0.39, 0.29) is 18.4 Å². The summed E-state index contributed by atoms with van der Waals surface area (Å²) >= 11 is 0. The summed E-state index contributed by atoms with van der Waals surface area (Å²) in [6, 6.07) is 14.2. The molecule has 0 saturated carbocycles. The molecule has 3 N–H and O–H groups in total. The Morgan fingerprint density at radius 1 is 1.04 bits per heavy atom. The van der Waals surface area contributed by atoms with Crippen molar-refractivity contribution in [1.82, 2.24) is 5.32 Å². The Bertz CT molecular complexity index is 714. The van der Waals surface area contributed by atoms with Gasteiger partial charge in [0.15, 0.2) is 0 Å². The third kappa shape index (κ3) is 5.84. The average Bonchev–Trinajstić information content (AvgIpc) is 2.65. The normalized spacial score (nSPS) is 10.0. The molecule has 0 radical (unpaired) electrons. The van der Waals surface area contributed by atoms with Crippen LogP contribution in [-0.2, 0) is 4.79 Å². The first-order valence-electron chi connectivity index (χ1n) is 8.21. The predicted octanol–water partition coefficient (Wildman–Crippen LogP) is 2.89. The lowest BCUT2D eigenvalue weighted by Gasteiger charge is -2.10. The second-order valence-corrected chi connectivity index (χ2v) is 5.43. The summed E-state index contributed by atoms with van der Waals surface area (Å²) in [5, 5.41) is 8.41. The van der Waals surface area contributed by atoms with Gasteiger partial charge in [-0.2, -0.15) is 0 Å². The fraction of sp³-hybridized carbons (Fsp3) is 0.263. The van der Waals surface area contributed by atoms with Crippen LogP contribution in [0.25, 0.3) is 0 Å². The molecule has 0 fully saturated rings. The third-order valence-corrected chi connectivity index (χ3v) is 3.42. The zero-order chi connectivity index (χ0) is 18.1. The first-order valence-corrected chi connectivity index (χ1v) is 8.21. The largest absolute Gasteiger partial charge is 0.494 e. The number of ether oxygens (including phenoxy) is 1. The molecular formula is C19H23N3O3. The Labute approximate surface area is 147 Å². The summed E-state index contributed by atoms with van der Waals surface area (Å²) in [6.45, 7) is 2.81. The van der Waals surface area contributed by atoms with Crippen LogP contribution in [0.3, 0.4) is 0 Å². The Hall–Kier alpha value is -3.02. The van der Waals surface area contributed by atoms with Gasteiger partial charge in [-0.25, -0.2) is 0 Å². The number of hydrogen-bond donors (Lipinski definition) is 3. The quantitative estimate of drug-likeness (QED) is 0.690. The van der Waals surface area contributed by atoms with Crippen molar-refractivity contribution in [3.05, 3.63) is 54.1 Å². The third-order valence-electron chi connectivity index (χ3n) is 3.42. The maximum atomic E-state index is 12.1. The van der Waals surface area contributed by atoms with E-state index in [1.165, 1.54) is 0 Å². The van der Waals surface area contributed by atoms with Gasteiger partial charge in [-0.1, -0.05) is 13.0 Å². The van der Waals surface area contributed by atoms with Crippen molar-refractivity contribution in [3.63, 3.8) is 0 Å². The van der Waals surface area contributed by atoms with Crippen molar-refractivity contribution >= 4 is 23.2 Å². The highest BCUT2D eigenvalue weighted by molar-refractivity contribution is 5.95. The van der Waals surface area contributed by atoms with E-state index in [4.69, 9.17) is 4.74 Å². The number of carbonyl (C=O) groups excluding carboxylic acids is 2. The molecule has 0 bridgehead atoms. The summed E-state index contributed by atoms with van der Waals surface area (Å²) in [5.41, 5.74) is 2.03. The van der Waals surface area contributed by atoms with Gasteiger partial charge in [0.1, 0.15) is 5.75 Å². The fourth-order valence-electron chi connectivity index (χ4n) is 2.15. The van der Waals surface area contributed by atoms with Crippen LogP contribution < -0.4 is 20.7 Å². The van der Waals surface area contributed by atoms with Gasteiger partial charge in [-0.15, -0.1) is 0 Å². The van der Waals surface area contributed by atoms with Crippen LogP contribution in [-0.4, -0.2) is 32.0 Å². The molecule has 0 heterocycles. The van der Waals surface area contributed by atoms with Crippen molar-refractivity contribution in [2.75, 3.05) is 30.8 Å². The van der Waals surface area contributed by atoms with Gasteiger partial charge in [0.25, 0.3) is 5.91 Å². The number of rotatable bonds is 8. The standard InChI is InChI=1S/C19H23N3O3/c1-3-11-25-17-6-4-5-16(12-17)22-18(23)13-21-15-9-7-14(8-10-15)19(24)20-2/h4-10,12,21H,3,11,13H2,1-2H3,(H,20,24)(H,22,23). The van der Waals surface area contributed by atoms with Gasteiger partial charge in [0.05, 0.1) is 13.2 Å². The number of hydrogen-bond acceptors (Lipinski definition) is 4. The topological polar surface area (TPSA) is 79.5 Å². The highest BCUT2D eigenvalue weighted by Gasteiger charge is 2.05. The van der Waals surface area contributed by atoms with Crippen molar-refractivity contribution in [3.8, 4) is 5.75 Å². The molecule has 0 saturated heterocycles. The fourth-order valence-corrected chi connectivity index (χ4v) is 2.15. The SMILES string of the molecule is CCCOc1cccc(NC(=O)CNc2ccc(C(=O)NC)cc2)c1. The van der Waals surface area contributed by atoms with E-state index < -0.39 is 0 Å². The minimum atomic E-state index is -0.164. The van der Waals surface area contributed by atoms with E-state index in [0.717, 1.165) is 17.9 Å². The molecule has 2 rings (SSSR count). The van der Waals surface area contributed by atoms with E-state index in [2.05, 4.69) is 16.0 Å². The van der Waals surface area contributed by atoms with Crippen LogP contribution in [0, 0.1) is 0 Å². The number of carbonyl (C=O) groups is 2.